The van der Waals surface area contributed by atoms with E-state index in [4.69, 9.17) is 14.2 Å². The van der Waals surface area contributed by atoms with E-state index in [2.05, 4.69) is 167 Å². The van der Waals surface area contributed by atoms with E-state index in [9.17, 15) is 14.4 Å². The SMILES string of the molecule is CC/C=C\C/C=C\C/C=C\C/C=C\C/C=C\C/C=C\C/C=C\CCCC(=O)OCC(COC(=O)CCCCCCC/C=C\C/C=C\CCCC)OC(=O)CCCCCCCC/C=C\C/C=C\C/C=C\CCCCC. The molecule has 0 radical (unpaired) electrons. The van der Waals surface area contributed by atoms with Crippen molar-refractivity contribution in [2.75, 3.05) is 13.2 Å². The summed E-state index contributed by atoms with van der Waals surface area (Å²) in [6.45, 7) is 6.38. The molecule has 0 heterocycles. The molecule has 0 aromatic rings. The van der Waals surface area contributed by atoms with Crippen molar-refractivity contribution in [2.45, 2.75) is 252 Å². The number of ether oxygens (including phenoxy) is 3. The lowest BCUT2D eigenvalue weighted by atomic mass is 10.1. The molecule has 6 nitrogen and oxygen atoms in total. The first kappa shape index (κ1) is 69.3. The average molecular weight is 1020 g/mol. The molecule has 0 aliphatic rings. The number of esters is 3. The molecule has 1 atom stereocenters. The van der Waals surface area contributed by atoms with E-state index in [1.165, 1.54) is 57.8 Å². The van der Waals surface area contributed by atoms with Gasteiger partial charge >= 0.3 is 17.9 Å². The van der Waals surface area contributed by atoms with Crippen LogP contribution in [0.15, 0.2) is 146 Å². The number of rotatable bonds is 52. The van der Waals surface area contributed by atoms with Crippen LogP contribution in [0.2, 0.25) is 0 Å². The van der Waals surface area contributed by atoms with Gasteiger partial charge in [0.2, 0.25) is 0 Å². The highest BCUT2D eigenvalue weighted by molar-refractivity contribution is 5.71. The molecule has 0 fully saturated rings. The lowest BCUT2D eigenvalue weighted by Crippen LogP contribution is -2.30. The number of hydrogen-bond donors (Lipinski definition) is 0. The Hall–Kier alpha value is -4.71. The molecule has 0 rings (SSSR count). The molecule has 0 saturated heterocycles. The second-order valence-corrected chi connectivity index (χ2v) is 19.2. The minimum Gasteiger partial charge on any atom is -0.462 e. The summed E-state index contributed by atoms with van der Waals surface area (Å²) in [7, 11) is 0. The summed E-state index contributed by atoms with van der Waals surface area (Å²) in [5.41, 5.74) is 0. The third-order valence-electron chi connectivity index (χ3n) is 12.0. The van der Waals surface area contributed by atoms with Crippen LogP contribution < -0.4 is 0 Å². The highest BCUT2D eigenvalue weighted by Gasteiger charge is 2.19. The van der Waals surface area contributed by atoms with Gasteiger partial charge in [-0.25, -0.2) is 0 Å². The summed E-state index contributed by atoms with van der Waals surface area (Å²) in [5.74, 6) is -1.01. The van der Waals surface area contributed by atoms with Crippen LogP contribution >= 0.6 is 0 Å². The fourth-order valence-electron chi connectivity index (χ4n) is 7.57. The molecule has 6 heteroatoms. The molecule has 0 amide bonds. The molecule has 0 aliphatic heterocycles. The largest absolute Gasteiger partial charge is 0.462 e. The molecule has 0 saturated carbocycles. The summed E-state index contributed by atoms with van der Waals surface area (Å²) >= 11 is 0. The van der Waals surface area contributed by atoms with Gasteiger partial charge in [-0.3, -0.25) is 14.4 Å². The van der Waals surface area contributed by atoms with Crippen molar-refractivity contribution in [3.8, 4) is 0 Å². The second-order valence-electron chi connectivity index (χ2n) is 19.2. The first-order chi connectivity index (χ1) is 36.5. The zero-order valence-corrected chi connectivity index (χ0v) is 47.5. The van der Waals surface area contributed by atoms with Crippen LogP contribution in [-0.4, -0.2) is 37.2 Å². The van der Waals surface area contributed by atoms with Crippen molar-refractivity contribution in [3.05, 3.63) is 146 Å². The van der Waals surface area contributed by atoms with Crippen molar-refractivity contribution in [1.29, 1.82) is 0 Å². The summed E-state index contributed by atoms with van der Waals surface area (Å²) in [6.07, 6.45) is 86.9. The van der Waals surface area contributed by atoms with Crippen molar-refractivity contribution in [1.82, 2.24) is 0 Å². The van der Waals surface area contributed by atoms with Crippen molar-refractivity contribution in [3.63, 3.8) is 0 Å². The predicted molar refractivity (Wildman–Crippen MR) is 320 cm³/mol. The smallest absolute Gasteiger partial charge is 0.306 e. The Labute approximate surface area is 455 Å². The highest BCUT2D eigenvalue weighted by atomic mass is 16.6. The second kappa shape index (κ2) is 60.8. The fraction of sp³-hybridized carbons (Fsp3) is 0.603. The Balaban J connectivity index is 4.54. The van der Waals surface area contributed by atoms with E-state index in [0.29, 0.717) is 19.3 Å². The van der Waals surface area contributed by atoms with Crippen LogP contribution in [0.4, 0.5) is 0 Å². The summed E-state index contributed by atoms with van der Waals surface area (Å²) < 4.78 is 16.8. The van der Waals surface area contributed by atoms with Gasteiger partial charge in [-0.15, -0.1) is 0 Å². The van der Waals surface area contributed by atoms with Gasteiger partial charge < -0.3 is 14.2 Å². The standard InChI is InChI=1S/C68H108O6/c1-4-7-10-13-16-19-22-25-28-30-32-33-34-35-37-38-40-43-46-49-52-55-58-61-67(70)73-64-65(63-72-66(69)60-57-54-51-48-45-42-27-24-21-18-15-12-9-6-3)74-68(71)62-59-56-53-50-47-44-41-39-36-31-29-26-23-20-17-14-11-8-5-2/h7,10,15-20,24-29,32-33,35-37,39-40,43,49,52,65H,4-6,8-9,11-14,21-23,30-31,34,38,41-42,44-48,50-51,53-64H2,1-3H3/b10-7-,18-15-,19-16-,20-17-,27-24-,28-25-,29-26-,33-32-,37-35-,39-36-,43-40-,52-49-. The van der Waals surface area contributed by atoms with Crippen LogP contribution in [0, 0.1) is 0 Å². The first-order valence-electron chi connectivity index (χ1n) is 29.8. The van der Waals surface area contributed by atoms with Crippen molar-refractivity contribution >= 4 is 17.9 Å². The monoisotopic (exact) mass is 1020 g/mol. The van der Waals surface area contributed by atoms with Gasteiger partial charge in [0.25, 0.3) is 0 Å². The fourth-order valence-corrected chi connectivity index (χ4v) is 7.57. The van der Waals surface area contributed by atoms with Crippen LogP contribution in [-0.2, 0) is 28.6 Å². The molecule has 1 unspecified atom stereocenters. The molecule has 0 aliphatic carbocycles. The third-order valence-corrected chi connectivity index (χ3v) is 12.0. The Morgan fingerprint density at radius 1 is 0.284 bits per heavy atom. The normalized spacial score (nSPS) is 13.2. The maximum Gasteiger partial charge on any atom is 0.306 e. The number of allylic oxidation sites excluding steroid dienone is 24. The maximum absolute atomic E-state index is 12.9. The Morgan fingerprint density at radius 2 is 0.554 bits per heavy atom. The van der Waals surface area contributed by atoms with Gasteiger partial charge in [-0.1, -0.05) is 237 Å². The lowest BCUT2D eigenvalue weighted by molar-refractivity contribution is -0.167. The Bertz CT molecular complexity index is 1640. The molecule has 0 spiro atoms. The summed E-state index contributed by atoms with van der Waals surface area (Å²) in [4.78, 5) is 38.2. The Morgan fingerprint density at radius 3 is 0.919 bits per heavy atom. The predicted octanol–water partition coefficient (Wildman–Crippen LogP) is 20.4. The molecule has 0 aromatic carbocycles. The van der Waals surface area contributed by atoms with E-state index in [1.807, 2.05) is 0 Å². The van der Waals surface area contributed by atoms with Crippen molar-refractivity contribution in [2.24, 2.45) is 0 Å². The summed E-state index contributed by atoms with van der Waals surface area (Å²) in [5, 5.41) is 0. The Kier molecular flexibility index (Phi) is 57.0. The number of unbranched alkanes of at least 4 members (excludes halogenated alkanes) is 17. The van der Waals surface area contributed by atoms with E-state index >= 15 is 0 Å². The van der Waals surface area contributed by atoms with Crippen LogP contribution in [0.3, 0.4) is 0 Å². The molecular weight excluding hydrogens is 913 g/mol. The zero-order valence-electron chi connectivity index (χ0n) is 47.5. The number of carbonyl (C=O) groups is 3. The van der Waals surface area contributed by atoms with E-state index in [-0.39, 0.29) is 37.5 Å². The van der Waals surface area contributed by atoms with Gasteiger partial charge in [-0.05, 0) is 135 Å². The molecule has 416 valence electrons. The minimum absolute atomic E-state index is 0.114. The average Bonchev–Trinajstić information content (AvgIpc) is 3.40. The van der Waals surface area contributed by atoms with Gasteiger partial charge in [0.1, 0.15) is 13.2 Å². The van der Waals surface area contributed by atoms with E-state index in [0.717, 1.165) is 141 Å². The van der Waals surface area contributed by atoms with Crippen LogP contribution in [0.1, 0.15) is 245 Å². The van der Waals surface area contributed by atoms with Gasteiger partial charge in [0.15, 0.2) is 6.10 Å². The quantitative estimate of drug-likeness (QED) is 0.0261. The lowest BCUT2D eigenvalue weighted by Gasteiger charge is -2.18. The third kappa shape index (κ3) is 58.2. The first-order valence-corrected chi connectivity index (χ1v) is 29.8. The van der Waals surface area contributed by atoms with Gasteiger partial charge in [-0.2, -0.15) is 0 Å². The molecular formula is C68H108O6. The zero-order chi connectivity index (χ0) is 53.6. The van der Waals surface area contributed by atoms with E-state index < -0.39 is 6.10 Å². The van der Waals surface area contributed by atoms with Crippen LogP contribution in [0.25, 0.3) is 0 Å². The summed E-state index contributed by atoms with van der Waals surface area (Å²) in [6, 6.07) is 0. The van der Waals surface area contributed by atoms with E-state index in [1.54, 1.807) is 0 Å². The molecule has 0 aromatic heterocycles. The molecule has 0 N–H and O–H groups in total. The van der Waals surface area contributed by atoms with Crippen molar-refractivity contribution < 1.29 is 28.6 Å². The number of carbonyl (C=O) groups excluding carboxylic acids is 3. The van der Waals surface area contributed by atoms with Crippen LogP contribution in [0.5, 0.6) is 0 Å². The van der Waals surface area contributed by atoms with Gasteiger partial charge in [0, 0.05) is 19.3 Å². The number of hydrogen-bond acceptors (Lipinski definition) is 6. The minimum atomic E-state index is -0.822. The molecule has 0 bridgehead atoms. The van der Waals surface area contributed by atoms with Gasteiger partial charge in [0.05, 0.1) is 0 Å². The highest BCUT2D eigenvalue weighted by Crippen LogP contribution is 2.13. The molecule has 74 heavy (non-hydrogen) atoms. The topological polar surface area (TPSA) is 78.9 Å². The maximum atomic E-state index is 12.9.